The number of benzene rings is 3. The smallest absolute Gasteiger partial charge is 0.264 e. The first kappa shape index (κ1) is 38.2. The average Bonchev–Trinajstić information content (AvgIpc) is 3.05. The van der Waals surface area contributed by atoms with Crippen LogP contribution in [0.15, 0.2) is 48.5 Å². The molecule has 0 heterocycles. The molecule has 0 atom stereocenters. The van der Waals surface area contributed by atoms with Crippen molar-refractivity contribution in [3.63, 3.8) is 0 Å². The first-order chi connectivity index (χ1) is 22.9. The third kappa shape index (κ3) is 12.8. The Balaban J connectivity index is 1.66. The van der Waals surface area contributed by atoms with E-state index in [9.17, 15) is 16.8 Å². The van der Waals surface area contributed by atoms with Crippen molar-refractivity contribution < 1.29 is 54.4 Å². The molecule has 2 N–H and O–H groups in total. The molecule has 12 nitrogen and oxygen atoms in total. The number of ether oxygens (including phenoxy) is 6. The van der Waals surface area contributed by atoms with Crippen molar-refractivity contribution in [2.75, 3.05) is 53.2 Å². The second-order valence-corrected chi connectivity index (χ2v) is 13.7. The van der Waals surface area contributed by atoms with Crippen LogP contribution in [0.3, 0.4) is 0 Å². The zero-order chi connectivity index (χ0) is 35.2. The molecule has 0 aliphatic rings. The third-order valence-electron chi connectivity index (χ3n) is 6.92. The van der Waals surface area contributed by atoms with Crippen LogP contribution in [0, 0.1) is 0 Å². The van der Waals surface area contributed by atoms with Crippen LogP contribution in [0.1, 0.15) is 47.9 Å². The molecule has 0 saturated carbocycles. The van der Waals surface area contributed by atoms with Crippen molar-refractivity contribution in [3.05, 3.63) is 70.8 Å². The molecule has 0 fully saturated rings. The van der Waals surface area contributed by atoms with E-state index >= 15 is 0 Å². The molecule has 14 heteroatoms. The molecule has 3 rings (SSSR count). The van der Waals surface area contributed by atoms with Crippen LogP contribution in [0.4, 0.5) is 0 Å². The van der Waals surface area contributed by atoms with E-state index in [4.69, 9.17) is 37.5 Å². The molecule has 0 radical (unpaired) electrons. The molecule has 0 bridgehead atoms. The first-order valence-electron chi connectivity index (χ1n) is 15.0. The minimum atomic E-state index is -4.00. The highest BCUT2D eigenvalue weighted by Crippen LogP contribution is 2.40. The number of hydrogen-bond donors (Lipinski definition) is 2. The lowest BCUT2D eigenvalue weighted by Crippen LogP contribution is -2.07. The van der Waals surface area contributed by atoms with Gasteiger partial charge >= 0.3 is 0 Å². The summed E-state index contributed by atoms with van der Waals surface area (Å²) < 4.78 is 95.1. The highest BCUT2D eigenvalue weighted by molar-refractivity contribution is 7.86. The van der Waals surface area contributed by atoms with Gasteiger partial charge in [0.15, 0.2) is 23.0 Å². The molecule has 3 aromatic carbocycles. The summed E-state index contributed by atoms with van der Waals surface area (Å²) in [5.41, 5.74) is 3.57. The van der Waals surface area contributed by atoms with E-state index in [1.807, 2.05) is 72.8 Å². The Labute approximate surface area is 282 Å². The molecule has 48 heavy (non-hydrogen) atoms. The monoisotopic (exact) mass is 706 g/mol. The molecule has 0 aliphatic carbocycles. The van der Waals surface area contributed by atoms with Crippen molar-refractivity contribution >= 4 is 44.5 Å². The molecular weight excluding hydrogens is 664 g/mol. The summed E-state index contributed by atoms with van der Waals surface area (Å²) in [7, 11) is -1.92. The largest absolute Gasteiger partial charge is 0.493 e. The summed E-state index contributed by atoms with van der Waals surface area (Å²) in [6.45, 7) is 0.451. The highest BCUT2D eigenvalue weighted by Gasteiger charge is 2.15. The third-order valence-corrected chi connectivity index (χ3v) is 8.53. The molecule has 0 spiro atoms. The van der Waals surface area contributed by atoms with Gasteiger partial charge in [0.25, 0.3) is 20.2 Å². The van der Waals surface area contributed by atoms with Crippen LogP contribution >= 0.6 is 0 Å². The maximum atomic E-state index is 10.9. The van der Waals surface area contributed by atoms with Gasteiger partial charge in [-0.15, -0.1) is 0 Å². The van der Waals surface area contributed by atoms with Crippen molar-refractivity contribution in [2.45, 2.75) is 25.7 Å². The van der Waals surface area contributed by atoms with Crippen LogP contribution in [0.2, 0.25) is 0 Å². The SMILES string of the molecule is COc1cc(/C=C/c2ccc(/C=C/c3cc(OC)c(OCCCCS(=O)(=O)O)c(OC)c3)cc2)cc(OC)c1OCCCCS(=O)(=O)O. The van der Waals surface area contributed by atoms with Crippen LogP contribution in [-0.2, 0) is 20.2 Å². The second-order valence-electron chi connectivity index (χ2n) is 10.5. The lowest BCUT2D eigenvalue weighted by Gasteiger charge is -2.15. The molecule has 0 saturated heterocycles. The molecule has 262 valence electrons. The summed E-state index contributed by atoms with van der Waals surface area (Å²) in [5.74, 6) is 2.03. The summed E-state index contributed by atoms with van der Waals surface area (Å²) in [6, 6.07) is 15.2. The standard InChI is InChI=1S/C34H42O12S2/c1-41-29-21-27(22-30(42-2)33(29)45-17-5-7-19-47(35,36)37)15-13-25-9-11-26(12-10-25)14-16-28-23-31(43-3)34(32(24-28)44-4)46-18-6-8-20-48(38,39)40/h9-16,21-24H,5-8,17-20H2,1-4H3,(H,35,36,37)(H,38,39,40)/b15-13+,16-14+. The van der Waals surface area contributed by atoms with Crippen LogP contribution in [-0.4, -0.2) is 79.1 Å². The number of hydrogen-bond acceptors (Lipinski definition) is 10. The van der Waals surface area contributed by atoms with E-state index < -0.39 is 20.2 Å². The van der Waals surface area contributed by atoms with Gasteiger partial charge in [-0.1, -0.05) is 48.6 Å². The van der Waals surface area contributed by atoms with Gasteiger partial charge < -0.3 is 28.4 Å². The Kier molecular flexibility index (Phi) is 14.6. The quantitative estimate of drug-likeness (QED) is 0.0783. The number of rotatable bonds is 20. The zero-order valence-corrected chi connectivity index (χ0v) is 29.0. The van der Waals surface area contributed by atoms with Gasteiger partial charge in [-0.3, -0.25) is 9.11 Å². The van der Waals surface area contributed by atoms with Crippen LogP contribution in [0.25, 0.3) is 24.3 Å². The fourth-order valence-corrected chi connectivity index (χ4v) is 5.64. The second kappa shape index (κ2) is 18.3. The minimum Gasteiger partial charge on any atom is -0.493 e. The van der Waals surface area contributed by atoms with Gasteiger partial charge in [-0.2, -0.15) is 16.8 Å². The first-order valence-corrected chi connectivity index (χ1v) is 18.2. The topological polar surface area (TPSA) is 164 Å². The van der Waals surface area contributed by atoms with Crippen molar-refractivity contribution in [3.8, 4) is 34.5 Å². The van der Waals surface area contributed by atoms with Gasteiger partial charge in [0.2, 0.25) is 11.5 Å². The summed E-state index contributed by atoms with van der Waals surface area (Å²) in [4.78, 5) is 0. The predicted octanol–water partition coefficient (Wildman–Crippen LogP) is 6.16. The Morgan fingerprint density at radius 1 is 0.500 bits per heavy atom. The van der Waals surface area contributed by atoms with Crippen molar-refractivity contribution in [1.29, 1.82) is 0 Å². The van der Waals surface area contributed by atoms with E-state index in [2.05, 4.69) is 0 Å². The normalized spacial score (nSPS) is 12.0. The Bertz CT molecular complexity index is 1580. The fraction of sp³-hybridized carbons (Fsp3) is 0.353. The number of methoxy groups -OCH3 is 4. The van der Waals surface area contributed by atoms with Crippen LogP contribution < -0.4 is 28.4 Å². The van der Waals surface area contributed by atoms with E-state index in [0.717, 1.165) is 22.3 Å². The van der Waals surface area contributed by atoms with Gasteiger partial charge in [0.1, 0.15) is 0 Å². The Morgan fingerprint density at radius 3 is 1.06 bits per heavy atom. The summed E-state index contributed by atoms with van der Waals surface area (Å²) in [6.07, 6.45) is 9.12. The molecule has 0 aromatic heterocycles. The molecule has 3 aromatic rings. The van der Waals surface area contributed by atoms with E-state index in [1.54, 1.807) is 0 Å². The number of unbranched alkanes of at least 4 members (excludes halogenated alkanes) is 2. The van der Waals surface area contributed by atoms with Crippen molar-refractivity contribution in [2.24, 2.45) is 0 Å². The molecular formula is C34H42O12S2. The van der Waals surface area contributed by atoms with Gasteiger partial charge in [-0.05, 0) is 72.2 Å². The minimum absolute atomic E-state index is 0.225. The lowest BCUT2D eigenvalue weighted by atomic mass is 10.1. The van der Waals surface area contributed by atoms with Gasteiger partial charge in [0, 0.05) is 0 Å². The predicted molar refractivity (Wildman–Crippen MR) is 186 cm³/mol. The molecule has 0 aliphatic heterocycles. The fourth-order valence-electron chi connectivity index (χ4n) is 4.50. The Morgan fingerprint density at radius 2 is 0.792 bits per heavy atom. The van der Waals surface area contributed by atoms with Crippen molar-refractivity contribution in [1.82, 2.24) is 0 Å². The van der Waals surface area contributed by atoms with Gasteiger partial charge in [0.05, 0.1) is 53.2 Å². The Hall–Kier alpha value is -4.24. The highest BCUT2D eigenvalue weighted by atomic mass is 32.2. The molecule has 0 unspecified atom stereocenters. The maximum Gasteiger partial charge on any atom is 0.264 e. The molecule has 0 amide bonds. The zero-order valence-electron chi connectivity index (χ0n) is 27.4. The van der Waals surface area contributed by atoms with Gasteiger partial charge in [-0.25, -0.2) is 0 Å². The van der Waals surface area contributed by atoms with Crippen LogP contribution in [0.5, 0.6) is 34.5 Å². The van der Waals surface area contributed by atoms with E-state index in [-0.39, 0.29) is 37.6 Å². The maximum absolute atomic E-state index is 10.9. The van der Waals surface area contributed by atoms with E-state index in [1.165, 1.54) is 28.4 Å². The summed E-state index contributed by atoms with van der Waals surface area (Å²) in [5, 5.41) is 0. The summed E-state index contributed by atoms with van der Waals surface area (Å²) >= 11 is 0. The lowest BCUT2D eigenvalue weighted by molar-refractivity contribution is 0.270. The average molecular weight is 707 g/mol. The van der Waals surface area contributed by atoms with E-state index in [0.29, 0.717) is 47.3 Å².